The van der Waals surface area contributed by atoms with Gasteiger partial charge in [-0.1, -0.05) is 48.5 Å². The number of nitrogens with one attached hydrogen (secondary N) is 1. The van der Waals surface area contributed by atoms with Gasteiger partial charge in [-0.25, -0.2) is 8.42 Å². The smallest absolute Gasteiger partial charge is 0.251 e. The van der Waals surface area contributed by atoms with Crippen molar-refractivity contribution >= 4 is 15.9 Å². The summed E-state index contributed by atoms with van der Waals surface area (Å²) >= 11 is 0. The standard InChI is InChI=1S/C26H30N2O4S/c1-20(14-15-21-10-6-4-7-11-21)27-26(29)22-16-17-25(32-3)23(18-22)19-28(2)33(30,31)24-12-8-5-9-13-24/h4-13,16-18,20H,14-15,19H2,1-3H3,(H,27,29)/t20-/m0/s1. The van der Waals surface area contributed by atoms with E-state index in [9.17, 15) is 13.2 Å². The molecule has 3 aromatic carbocycles. The van der Waals surface area contributed by atoms with Gasteiger partial charge in [-0.15, -0.1) is 0 Å². The van der Waals surface area contributed by atoms with E-state index in [1.165, 1.54) is 24.0 Å². The molecular formula is C26H30N2O4S. The molecule has 0 radical (unpaired) electrons. The van der Waals surface area contributed by atoms with E-state index in [2.05, 4.69) is 17.4 Å². The van der Waals surface area contributed by atoms with Gasteiger partial charge in [-0.2, -0.15) is 4.31 Å². The van der Waals surface area contributed by atoms with Gasteiger partial charge >= 0.3 is 0 Å². The average molecular weight is 467 g/mol. The number of hydrogen-bond acceptors (Lipinski definition) is 4. The van der Waals surface area contributed by atoms with Crippen LogP contribution < -0.4 is 10.1 Å². The highest BCUT2D eigenvalue weighted by atomic mass is 32.2. The van der Waals surface area contributed by atoms with Crippen LogP contribution in [0, 0.1) is 0 Å². The lowest BCUT2D eigenvalue weighted by Crippen LogP contribution is -2.33. The first-order valence-electron chi connectivity index (χ1n) is 10.8. The number of benzene rings is 3. The molecule has 0 unspecified atom stereocenters. The fourth-order valence-electron chi connectivity index (χ4n) is 3.55. The third-order valence-corrected chi connectivity index (χ3v) is 7.29. The summed E-state index contributed by atoms with van der Waals surface area (Å²) in [5.74, 6) is 0.326. The van der Waals surface area contributed by atoms with E-state index in [-0.39, 0.29) is 23.4 Å². The maximum atomic E-state index is 12.9. The van der Waals surface area contributed by atoms with Crippen molar-refractivity contribution in [1.29, 1.82) is 0 Å². The Labute approximate surface area is 196 Å². The molecule has 0 saturated carbocycles. The molecular weight excluding hydrogens is 436 g/mol. The Hall–Kier alpha value is -3.16. The highest BCUT2D eigenvalue weighted by molar-refractivity contribution is 7.89. The Morgan fingerprint density at radius 1 is 1.00 bits per heavy atom. The summed E-state index contributed by atoms with van der Waals surface area (Å²) in [7, 11) is -0.633. The van der Waals surface area contributed by atoms with E-state index >= 15 is 0 Å². The maximum Gasteiger partial charge on any atom is 0.251 e. The van der Waals surface area contributed by atoms with Crippen LogP contribution in [-0.4, -0.2) is 38.8 Å². The van der Waals surface area contributed by atoms with E-state index < -0.39 is 10.0 Å². The number of rotatable bonds is 10. The van der Waals surface area contributed by atoms with Gasteiger partial charge in [0.15, 0.2) is 0 Å². The third-order valence-electron chi connectivity index (χ3n) is 5.47. The van der Waals surface area contributed by atoms with Gasteiger partial charge in [-0.3, -0.25) is 4.79 Å². The summed E-state index contributed by atoms with van der Waals surface area (Å²) < 4.78 is 32.5. The van der Waals surface area contributed by atoms with Crippen molar-refractivity contribution in [3.05, 3.63) is 95.6 Å². The van der Waals surface area contributed by atoms with Crippen molar-refractivity contribution in [1.82, 2.24) is 9.62 Å². The summed E-state index contributed by atoms with van der Waals surface area (Å²) in [6.45, 7) is 2.05. The summed E-state index contributed by atoms with van der Waals surface area (Å²) in [5, 5.41) is 3.03. The largest absolute Gasteiger partial charge is 0.496 e. The van der Waals surface area contributed by atoms with Crippen molar-refractivity contribution in [3.63, 3.8) is 0 Å². The summed E-state index contributed by atoms with van der Waals surface area (Å²) in [5.41, 5.74) is 2.31. The average Bonchev–Trinajstić information content (AvgIpc) is 2.83. The second-order valence-electron chi connectivity index (χ2n) is 8.00. The van der Waals surface area contributed by atoms with Crippen LogP contribution in [0.4, 0.5) is 0 Å². The number of sulfonamides is 1. The van der Waals surface area contributed by atoms with Gasteiger partial charge in [0.25, 0.3) is 5.91 Å². The predicted octanol–water partition coefficient (Wildman–Crippen LogP) is 4.27. The zero-order chi connectivity index (χ0) is 23.8. The van der Waals surface area contributed by atoms with Crippen LogP contribution in [0.1, 0.15) is 34.8 Å². The number of amides is 1. The lowest BCUT2D eigenvalue weighted by Gasteiger charge is -2.20. The van der Waals surface area contributed by atoms with Crippen LogP contribution in [0.5, 0.6) is 5.75 Å². The van der Waals surface area contributed by atoms with Crippen molar-refractivity contribution in [2.45, 2.75) is 37.2 Å². The van der Waals surface area contributed by atoms with Crippen LogP contribution in [0.15, 0.2) is 83.8 Å². The molecule has 0 aliphatic rings. The van der Waals surface area contributed by atoms with Crippen molar-refractivity contribution in [2.24, 2.45) is 0 Å². The number of ether oxygens (including phenoxy) is 1. The topological polar surface area (TPSA) is 75.7 Å². The molecule has 0 aliphatic heterocycles. The summed E-state index contributed by atoms with van der Waals surface area (Å²) in [6.07, 6.45) is 1.69. The highest BCUT2D eigenvalue weighted by Gasteiger charge is 2.22. The first-order valence-corrected chi connectivity index (χ1v) is 12.3. The molecule has 0 spiro atoms. The molecule has 3 rings (SSSR count). The summed E-state index contributed by atoms with van der Waals surface area (Å²) in [6, 6.07) is 23.5. The molecule has 0 fully saturated rings. The molecule has 3 aromatic rings. The van der Waals surface area contributed by atoms with Crippen LogP contribution in [-0.2, 0) is 23.0 Å². The Bertz CT molecular complexity index is 1170. The minimum absolute atomic E-state index is 0.00982. The maximum absolute atomic E-state index is 12.9. The number of nitrogens with zero attached hydrogens (tertiary/aromatic N) is 1. The minimum Gasteiger partial charge on any atom is -0.496 e. The fourth-order valence-corrected chi connectivity index (χ4v) is 4.72. The molecule has 0 aliphatic carbocycles. The molecule has 0 heterocycles. The van der Waals surface area contributed by atoms with Gasteiger partial charge in [-0.05, 0) is 55.7 Å². The molecule has 7 heteroatoms. The Morgan fingerprint density at radius 3 is 2.27 bits per heavy atom. The lowest BCUT2D eigenvalue weighted by atomic mass is 10.1. The monoisotopic (exact) mass is 466 g/mol. The van der Waals surface area contributed by atoms with E-state index in [0.29, 0.717) is 16.9 Å². The fraction of sp³-hybridized carbons (Fsp3) is 0.269. The molecule has 1 N–H and O–H groups in total. The zero-order valence-electron chi connectivity index (χ0n) is 19.2. The highest BCUT2D eigenvalue weighted by Crippen LogP contribution is 2.24. The Morgan fingerprint density at radius 2 is 1.64 bits per heavy atom. The lowest BCUT2D eigenvalue weighted by molar-refractivity contribution is 0.0938. The molecule has 0 aromatic heterocycles. The van der Waals surface area contributed by atoms with Gasteiger partial charge in [0.2, 0.25) is 10.0 Å². The first-order chi connectivity index (χ1) is 15.8. The van der Waals surface area contributed by atoms with Crippen molar-refractivity contribution < 1.29 is 17.9 Å². The molecule has 174 valence electrons. The van der Waals surface area contributed by atoms with Crippen LogP contribution in [0.25, 0.3) is 0 Å². The Kier molecular flexibility index (Phi) is 8.25. The predicted molar refractivity (Wildman–Crippen MR) is 130 cm³/mol. The second-order valence-corrected chi connectivity index (χ2v) is 10.0. The van der Waals surface area contributed by atoms with E-state index in [1.807, 2.05) is 25.1 Å². The second kappa shape index (κ2) is 11.1. The molecule has 1 amide bonds. The summed E-state index contributed by atoms with van der Waals surface area (Å²) in [4.78, 5) is 13.1. The quantitative estimate of drug-likeness (QED) is 0.484. The van der Waals surface area contributed by atoms with Gasteiger partial charge in [0.1, 0.15) is 5.75 Å². The number of methoxy groups -OCH3 is 1. The molecule has 0 bridgehead atoms. The normalized spacial score (nSPS) is 12.4. The minimum atomic E-state index is -3.67. The number of carbonyl (C=O) groups is 1. The first kappa shape index (κ1) is 24.5. The van der Waals surface area contributed by atoms with Crippen LogP contribution in [0.2, 0.25) is 0 Å². The van der Waals surface area contributed by atoms with E-state index in [1.54, 1.807) is 48.5 Å². The zero-order valence-corrected chi connectivity index (χ0v) is 20.0. The van der Waals surface area contributed by atoms with Crippen LogP contribution >= 0.6 is 0 Å². The van der Waals surface area contributed by atoms with Gasteiger partial charge in [0, 0.05) is 30.8 Å². The molecule has 0 saturated heterocycles. The van der Waals surface area contributed by atoms with Crippen LogP contribution in [0.3, 0.4) is 0 Å². The van der Waals surface area contributed by atoms with Crippen molar-refractivity contribution in [2.75, 3.05) is 14.2 Å². The van der Waals surface area contributed by atoms with Gasteiger partial charge < -0.3 is 10.1 Å². The SMILES string of the molecule is COc1ccc(C(=O)N[C@@H](C)CCc2ccccc2)cc1CN(C)S(=O)(=O)c1ccccc1. The number of carbonyl (C=O) groups excluding carboxylic acids is 1. The Balaban J connectivity index is 1.70. The van der Waals surface area contributed by atoms with E-state index in [4.69, 9.17) is 4.74 Å². The molecule has 33 heavy (non-hydrogen) atoms. The number of aryl methyl sites for hydroxylation is 1. The van der Waals surface area contributed by atoms with Crippen molar-refractivity contribution in [3.8, 4) is 5.75 Å². The molecule has 6 nitrogen and oxygen atoms in total. The number of hydrogen-bond donors (Lipinski definition) is 1. The van der Waals surface area contributed by atoms with E-state index in [0.717, 1.165) is 12.8 Å². The third kappa shape index (κ3) is 6.43. The molecule has 1 atom stereocenters. The van der Waals surface area contributed by atoms with Gasteiger partial charge in [0.05, 0.1) is 12.0 Å².